The van der Waals surface area contributed by atoms with E-state index in [1.807, 2.05) is 24.0 Å². The molecular weight excluding hydrogens is 304 g/mol. The molecule has 0 bridgehead atoms. The van der Waals surface area contributed by atoms with Crippen molar-refractivity contribution < 1.29 is 14.3 Å². The van der Waals surface area contributed by atoms with E-state index >= 15 is 0 Å². The molecule has 24 heavy (non-hydrogen) atoms. The van der Waals surface area contributed by atoms with Gasteiger partial charge >= 0.3 is 0 Å². The number of carbonyl (C=O) groups excluding carboxylic acids is 2. The van der Waals surface area contributed by atoms with Crippen LogP contribution < -0.4 is 9.64 Å². The summed E-state index contributed by atoms with van der Waals surface area (Å²) in [6.45, 7) is 8.49. The van der Waals surface area contributed by atoms with Crippen LogP contribution in [0.3, 0.4) is 0 Å². The van der Waals surface area contributed by atoms with Crippen LogP contribution in [0.15, 0.2) is 18.2 Å². The van der Waals surface area contributed by atoms with Gasteiger partial charge in [0.05, 0.1) is 18.8 Å². The molecule has 1 fully saturated rings. The zero-order chi connectivity index (χ0) is 17.3. The van der Waals surface area contributed by atoms with Crippen LogP contribution in [0.25, 0.3) is 0 Å². The van der Waals surface area contributed by atoms with Crippen molar-refractivity contribution >= 4 is 17.4 Å². The maximum absolute atomic E-state index is 12.7. The number of piperidine rings is 1. The number of hydrogen-bond acceptors (Lipinski definition) is 4. The third-order valence-corrected chi connectivity index (χ3v) is 4.97. The number of anilines is 1. The average Bonchev–Trinajstić information content (AvgIpc) is 2.54. The Morgan fingerprint density at radius 2 is 1.92 bits per heavy atom. The van der Waals surface area contributed by atoms with Gasteiger partial charge < -0.3 is 14.5 Å². The van der Waals surface area contributed by atoms with Gasteiger partial charge in [-0.25, -0.2) is 0 Å². The third-order valence-electron chi connectivity index (χ3n) is 4.97. The molecule has 1 saturated heterocycles. The highest BCUT2D eigenvalue weighted by Crippen LogP contribution is 2.34. The zero-order valence-corrected chi connectivity index (χ0v) is 14.7. The van der Waals surface area contributed by atoms with Crippen LogP contribution in [0.2, 0.25) is 0 Å². The zero-order valence-electron chi connectivity index (χ0n) is 14.7. The molecule has 5 nitrogen and oxygen atoms in total. The summed E-state index contributed by atoms with van der Waals surface area (Å²) in [7, 11) is 0. The van der Waals surface area contributed by atoms with Gasteiger partial charge in [-0.1, -0.05) is 6.92 Å². The predicted molar refractivity (Wildman–Crippen MR) is 93.7 cm³/mol. The highest BCUT2D eigenvalue weighted by molar-refractivity contribution is 5.96. The first-order valence-corrected chi connectivity index (χ1v) is 8.78. The predicted octanol–water partition coefficient (Wildman–Crippen LogP) is 2.74. The molecule has 1 unspecified atom stereocenters. The number of nitrogens with zero attached hydrogens (tertiary/aromatic N) is 2. The Hall–Kier alpha value is -2.04. The normalized spacial score (nSPS) is 21.2. The second-order valence-corrected chi connectivity index (χ2v) is 7.11. The number of likely N-dealkylation sites (tertiary alicyclic amines) is 1. The van der Waals surface area contributed by atoms with Crippen LogP contribution in [0, 0.1) is 5.92 Å². The monoisotopic (exact) mass is 330 g/mol. The van der Waals surface area contributed by atoms with Crippen LogP contribution in [0.4, 0.5) is 5.69 Å². The highest BCUT2D eigenvalue weighted by atomic mass is 16.5. The molecule has 1 amide bonds. The second kappa shape index (κ2) is 6.83. The minimum atomic E-state index is 0.0210. The SMILES string of the molecule is CC(=O)c1ccc2c(c1)N(CC(=O)N1CCC(C)CC1)CC(C)O2. The van der Waals surface area contributed by atoms with Gasteiger partial charge in [0, 0.05) is 18.7 Å². The van der Waals surface area contributed by atoms with Crippen molar-refractivity contribution in [1.29, 1.82) is 0 Å². The largest absolute Gasteiger partial charge is 0.487 e. The molecule has 0 N–H and O–H groups in total. The van der Waals surface area contributed by atoms with Crippen LogP contribution in [0.5, 0.6) is 5.75 Å². The number of fused-ring (bicyclic) bond motifs is 1. The van der Waals surface area contributed by atoms with E-state index < -0.39 is 0 Å². The van der Waals surface area contributed by atoms with Gasteiger partial charge in [-0.2, -0.15) is 0 Å². The number of carbonyl (C=O) groups is 2. The summed E-state index contributed by atoms with van der Waals surface area (Å²) in [5.41, 5.74) is 1.50. The summed E-state index contributed by atoms with van der Waals surface area (Å²) in [5, 5.41) is 0. The number of ether oxygens (including phenoxy) is 1. The molecule has 1 aromatic rings. The summed E-state index contributed by atoms with van der Waals surface area (Å²) in [6.07, 6.45) is 2.18. The maximum atomic E-state index is 12.7. The first-order chi connectivity index (χ1) is 11.4. The molecule has 2 aliphatic heterocycles. The van der Waals surface area contributed by atoms with Crippen LogP contribution >= 0.6 is 0 Å². The fraction of sp³-hybridized carbons (Fsp3) is 0.579. The van der Waals surface area contributed by atoms with Crippen molar-refractivity contribution in [3.63, 3.8) is 0 Å². The molecule has 0 spiro atoms. The Bertz CT molecular complexity index is 635. The van der Waals surface area contributed by atoms with Gasteiger partial charge in [0.15, 0.2) is 5.78 Å². The summed E-state index contributed by atoms with van der Waals surface area (Å²) in [5.74, 6) is 1.64. The van der Waals surface area contributed by atoms with Crippen LogP contribution in [-0.2, 0) is 4.79 Å². The number of rotatable bonds is 3. The van der Waals surface area contributed by atoms with E-state index in [2.05, 4.69) is 11.8 Å². The molecule has 1 aromatic carbocycles. The number of benzene rings is 1. The molecule has 0 radical (unpaired) electrons. The van der Waals surface area contributed by atoms with Crippen molar-refractivity contribution in [2.75, 3.05) is 31.1 Å². The van der Waals surface area contributed by atoms with Crippen molar-refractivity contribution in [3.8, 4) is 5.75 Å². The fourth-order valence-corrected chi connectivity index (χ4v) is 3.42. The van der Waals surface area contributed by atoms with Gasteiger partial charge in [0.25, 0.3) is 0 Å². The van der Waals surface area contributed by atoms with Crippen LogP contribution in [0.1, 0.15) is 44.0 Å². The van der Waals surface area contributed by atoms with Crippen LogP contribution in [-0.4, -0.2) is 48.9 Å². The van der Waals surface area contributed by atoms with E-state index in [0.29, 0.717) is 24.6 Å². The Labute approximate surface area is 143 Å². The van der Waals surface area contributed by atoms with Crippen molar-refractivity contribution in [3.05, 3.63) is 23.8 Å². The minimum absolute atomic E-state index is 0.0210. The summed E-state index contributed by atoms with van der Waals surface area (Å²) < 4.78 is 5.86. The summed E-state index contributed by atoms with van der Waals surface area (Å²) in [6, 6.07) is 5.46. The number of ketones is 1. The highest BCUT2D eigenvalue weighted by Gasteiger charge is 2.28. The maximum Gasteiger partial charge on any atom is 0.242 e. The molecule has 0 saturated carbocycles. The van der Waals surface area contributed by atoms with Gasteiger partial charge in [-0.05, 0) is 50.8 Å². The number of Topliss-reactive ketones (excluding diaryl/α,β-unsaturated/α-hetero) is 1. The van der Waals surface area contributed by atoms with E-state index in [1.54, 1.807) is 13.0 Å². The summed E-state index contributed by atoms with van der Waals surface area (Å²) >= 11 is 0. The lowest BCUT2D eigenvalue weighted by molar-refractivity contribution is -0.131. The smallest absolute Gasteiger partial charge is 0.242 e. The third kappa shape index (κ3) is 3.55. The first kappa shape index (κ1) is 16.8. The lowest BCUT2D eigenvalue weighted by atomic mass is 9.99. The molecular formula is C19H26N2O3. The molecule has 2 heterocycles. The Balaban J connectivity index is 1.77. The van der Waals surface area contributed by atoms with E-state index in [-0.39, 0.29) is 17.8 Å². The standard InChI is InChI=1S/C19H26N2O3/c1-13-6-8-20(9-7-13)19(23)12-21-11-14(2)24-18-5-4-16(15(3)22)10-17(18)21/h4-5,10,13-14H,6-9,11-12H2,1-3H3. The molecule has 5 heteroatoms. The van der Waals surface area contributed by atoms with Gasteiger partial charge in [-0.3, -0.25) is 9.59 Å². The topological polar surface area (TPSA) is 49.9 Å². The molecule has 130 valence electrons. The molecule has 1 atom stereocenters. The van der Waals surface area contributed by atoms with Crippen molar-refractivity contribution in [1.82, 2.24) is 4.90 Å². The Morgan fingerprint density at radius 3 is 2.58 bits per heavy atom. The van der Waals surface area contributed by atoms with Gasteiger partial charge in [0.2, 0.25) is 5.91 Å². The quantitative estimate of drug-likeness (QED) is 0.800. The van der Waals surface area contributed by atoms with Crippen molar-refractivity contribution in [2.24, 2.45) is 5.92 Å². The minimum Gasteiger partial charge on any atom is -0.487 e. The fourth-order valence-electron chi connectivity index (χ4n) is 3.42. The second-order valence-electron chi connectivity index (χ2n) is 7.11. The molecule has 0 aromatic heterocycles. The lowest BCUT2D eigenvalue weighted by Crippen LogP contribution is -2.47. The average molecular weight is 330 g/mol. The van der Waals surface area contributed by atoms with Gasteiger partial charge in [0.1, 0.15) is 11.9 Å². The Morgan fingerprint density at radius 1 is 1.21 bits per heavy atom. The van der Waals surface area contributed by atoms with E-state index in [4.69, 9.17) is 4.74 Å². The summed E-state index contributed by atoms with van der Waals surface area (Å²) in [4.78, 5) is 28.4. The number of hydrogen-bond donors (Lipinski definition) is 0. The van der Waals surface area contributed by atoms with E-state index in [1.165, 1.54) is 0 Å². The number of amides is 1. The Kier molecular flexibility index (Phi) is 4.78. The van der Waals surface area contributed by atoms with E-state index in [9.17, 15) is 9.59 Å². The van der Waals surface area contributed by atoms with Gasteiger partial charge in [-0.15, -0.1) is 0 Å². The molecule has 3 rings (SSSR count). The van der Waals surface area contributed by atoms with Crippen molar-refractivity contribution in [2.45, 2.75) is 39.7 Å². The molecule has 2 aliphatic rings. The first-order valence-electron chi connectivity index (χ1n) is 8.78. The molecule has 0 aliphatic carbocycles. The van der Waals surface area contributed by atoms with E-state index in [0.717, 1.165) is 37.4 Å². The lowest BCUT2D eigenvalue weighted by Gasteiger charge is -2.37.